The summed E-state index contributed by atoms with van der Waals surface area (Å²) < 4.78 is 15.6. The summed E-state index contributed by atoms with van der Waals surface area (Å²) in [5.74, 6) is 2.49. The van der Waals surface area contributed by atoms with Crippen molar-refractivity contribution in [1.82, 2.24) is 9.97 Å². The molecule has 1 aromatic heterocycles. The highest BCUT2D eigenvalue weighted by molar-refractivity contribution is 6.32. The number of ether oxygens (including phenoxy) is 3. The third-order valence-electron chi connectivity index (χ3n) is 3.24. The molecule has 0 aliphatic carbocycles. The molecule has 2 aromatic rings. The number of halogens is 1. The van der Waals surface area contributed by atoms with Crippen molar-refractivity contribution in [3.63, 3.8) is 0 Å². The van der Waals surface area contributed by atoms with E-state index in [4.69, 9.17) is 25.8 Å². The Kier molecular flexibility index (Phi) is 6.89. The predicted octanol–water partition coefficient (Wildman–Crippen LogP) is 3.34. The molecule has 0 saturated carbocycles. The van der Waals surface area contributed by atoms with Gasteiger partial charge in [-0.05, 0) is 6.42 Å². The van der Waals surface area contributed by atoms with E-state index in [2.05, 4.69) is 20.6 Å². The van der Waals surface area contributed by atoms with E-state index in [1.807, 2.05) is 6.07 Å². The summed E-state index contributed by atoms with van der Waals surface area (Å²) in [7, 11) is 4.82. The van der Waals surface area contributed by atoms with E-state index in [1.165, 1.54) is 6.33 Å². The molecule has 2 rings (SSSR count). The second-order valence-corrected chi connectivity index (χ2v) is 5.28. The second kappa shape index (κ2) is 9.14. The molecule has 24 heavy (non-hydrogen) atoms. The standard InChI is InChI=1S/C16H21ClN4O3/c1-22-6-4-5-18-15-9-16(20-10-19-15)21-12-8-13(23-2)11(17)7-14(12)24-3/h7-10H,4-6H2,1-3H3,(H2,18,19,20,21). The molecule has 2 N–H and O–H groups in total. The highest BCUT2D eigenvalue weighted by Crippen LogP contribution is 2.37. The lowest BCUT2D eigenvalue weighted by Crippen LogP contribution is -2.07. The summed E-state index contributed by atoms with van der Waals surface area (Å²) >= 11 is 6.11. The van der Waals surface area contributed by atoms with Crippen molar-refractivity contribution in [3.8, 4) is 11.5 Å². The molecule has 130 valence electrons. The van der Waals surface area contributed by atoms with Crippen LogP contribution in [0.5, 0.6) is 11.5 Å². The number of rotatable bonds is 9. The van der Waals surface area contributed by atoms with Gasteiger partial charge in [-0.2, -0.15) is 0 Å². The fourth-order valence-electron chi connectivity index (χ4n) is 2.05. The molecule has 1 heterocycles. The van der Waals surface area contributed by atoms with E-state index in [0.29, 0.717) is 34.6 Å². The molecule has 0 spiro atoms. The van der Waals surface area contributed by atoms with Crippen LogP contribution in [0.4, 0.5) is 17.3 Å². The Morgan fingerprint density at radius 2 is 1.75 bits per heavy atom. The molecular formula is C16H21ClN4O3. The molecule has 0 atom stereocenters. The van der Waals surface area contributed by atoms with Gasteiger partial charge < -0.3 is 24.8 Å². The van der Waals surface area contributed by atoms with Crippen LogP contribution in [0.3, 0.4) is 0 Å². The van der Waals surface area contributed by atoms with Gasteiger partial charge in [0, 0.05) is 38.5 Å². The molecule has 0 radical (unpaired) electrons. The molecule has 1 aromatic carbocycles. The van der Waals surface area contributed by atoms with E-state index in [0.717, 1.165) is 18.8 Å². The minimum absolute atomic E-state index is 0.475. The van der Waals surface area contributed by atoms with E-state index < -0.39 is 0 Å². The smallest absolute Gasteiger partial charge is 0.144 e. The zero-order chi connectivity index (χ0) is 17.4. The lowest BCUT2D eigenvalue weighted by molar-refractivity contribution is 0.198. The fraction of sp³-hybridized carbons (Fsp3) is 0.375. The van der Waals surface area contributed by atoms with Crippen LogP contribution in [0.2, 0.25) is 5.02 Å². The summed E-state index contributed by atoms with van der Waals surface area (Å²) in [6, 6.07) is 5.26. The highest BCUT2D eigenvalue weighted by atomic mass is 35.5. The van der Waals surface area contributed by atoms with Crippen molar-refractivity contribution in [1.29, 1.82) is 0 Å². The SMILES string of the molecule is COCCCNc1cc(Nc2cc(OC)c(Cl)cc2OC)ncn1. The molecule has 0 fully saturated rings. The first-order chi connectivity index (χ1) is 11.7. The van der Waals surface area contributed by atoms with Crippen LogP contribution in [0.15, 0.2) is 24.5 Å². The molecule has 0 aliphatic heterocycles. The predicted molar refractivity (Wildman–Crippen MR) is 94.9 cm³/mol. The first kappa shape index (κ1) is 18.1. The number of methoxy groups -OCH3 is 3. The van der Waals surface area contributed by atoms with Gasteiger partial charge in [-0.3, -0.25) is 0 Å². The maximum atomic E-state index is 6.11. The monoisotopic (exact) mass is 352 g/mol. The van der Waals surface area contributed by atoms with Crippen molar-refractivity contribution in [2.45, 2.75) is 6.42 Å². The summed E-state index contributed by atoms with van der Waals surface area (Å²) in [5.41, 5.74) is 0.697. The Hall–Kier alpha value is -2.25. The van der Waals surface area contributed by atoms with Crippen molar-refractivity contribution < 1.29 is 14.2 Å². The number of nitrogens with one attached hydrogen (secondary N) is 2. The van der Waals surface area contributed by atoms with Crippen LogP contribution in [-0.4, -0.2) is 44.4 Å². The van der Waals surface area contributed by atoms with Crippen LogP contribution in [0.1, 0.15) is 6.42 Å². The van der Waals surface area contributed by atoms with Crippen LogP contribution in [0.25, 0.3) is 0 Å². The Bertz CT molecular complexity index is 670. The Morgan fingerprint density at radius 3 is 2.46 bits per heavy atom. The van der Waals surface area contributed by atoms with Crippen molar-refractivity contribution in [2.75, 3.05) is 45.1 Å². The molecule has 7 nitrogen and oxygen atoms in total. The quantitative estimate of drug-likeness (QED) is 0.670. The Morgan fingerprint density at radius 1 is 1.00 bits per heavy atom. The number of aromatic nitrogens is 2. The van der Waals surface area contributed by atoms with Gasteiger partial charge in [-0.15, -0.1) is 0 Å². The summed E-state index contributed by atoms with van der Waals surface area (Å²) in [4.78, 5) is 8.41. The number of anilines is 3. The average molecular weight is 353 g/mol. The normalized spacial score (nSPS) is 10.3. The number of hydrogen-bond acceptors (Lipinski definition) is 7. The topological polar surface area (TPSA) is 77.5 Å². The van der Waals surface area contributed by atoms with E-state index in [1.54, 1.807) is 33.5 Å². The van der Waals surface area contributed by atoms with E-state index in [-0.39, 0.29) is 0 Å². The van der Waals surface area contributed by atoms with E-state index >= 15 is 0 Å². The maximum absolute atomic E-state index is 6.11. The first-order valence-corrected chi connectivity index (χ1v) is 7.79. The third kappa shape index (κ3) is 4.87. The number of benzene rings is 1. The highest BCUT2D eigenvalue weighted by Gasteiger charge is 2.11. The van der Waals surface area contributed by atoms with Crippen molar-refractivity contribution >= 4 is 28.9 Å². The lowest BCUT2D eigenvalue weighted by atomic mass is 10.2. The minimum atomic E-state index is 0.475. The number of hydrogen-bond donors (Lipinski definition) is 2. The van der Waals surface area contributed by atoms with Crippen LogP contribution >= 0.6 is 11.6 Å². The van der Waals surface area contributed by atoms with Gasteiger partial charge in [0.25, 0.3) is 0 Å². The Balaban J connectivity index is 2.13. The Labute approximate surface area is 146 Å². The number of nitrogens with zero attached hydrogens (tertiary/aromatic N) is 2. The summed E-state index contributed by atoms with van der Waals surface area (Å²) in [5, 5.41) is 6.88. The summed E-state index contributed by atoms with van der Waals surface area (Å²) in [6.45, 7) is 1.47. The van der Waals surface area contributed by atoms with Crippen LogP contribution in [-0.2, 0) is 4.74 Å². The zero-order valence-electron chi connectivity index (χ0n) is 13.9. The molecule has 0 amide bonds. The van der Waals surface area contributed by atoms with Gasteiger partial charge >= 0.3 is 0 Å². The zero-order valence-corrected chi connectivity index (χ0v) is 14.7. The molecular weight excluding hydrogens is 332 g/mol. The molecule has 0 saturated heterocycles. The second-order valence-electron chi connectivity index (χ2n) is 4.87. The lowest BCUT2D eigenvalue weighted by Gasteiger charge is -2.14. The van der Waals surface area contributed by atoms with Gasteiger partial charge in [0.15, 0.2) is 0 Å². The summed E-state index contributed by atoms with van der Waals surface area (Å²) in [6.07, 6.45) is 2.38. The van der Waals surface area contributed by atoms with Gasteiger partial charge in [0.2, 0.25) is 0 Å². The molecule has 8 heteroatoms. The molecule has 0 unspecified atom stereocenters. The van der Waals surface area contributed by atoms with Crippen molar-refractivity contribution in [3.05, 3.63) is 29.5 Å². The third-order valence-corrected chi connectivity index (χ3v) is 3.53. The van der Waals surface area contributed by atoms with Gasteiger partial charge in [0.05, 0.1) is 24.9 Å². The first-order valence-electron chi connectivity index (χ1n) is 7.41. The molecule has 0 aliphatic rings. The largest absolute Gasteiger partial charge is 0.495 e. The van der Waals surface area contributed by atoms with E-state index in [9.17, 15) is 0 Å². The maximum Gasteiger partial charge on any atom is 0.144 e. The van der Waals surface area contributed by atoms with Gasteiger partial charge in [0.1, 0.15) is 29.5 Å². The van der Waals surface area contributed by atoms with Gasteiger partial charge in [-0.1, -0.05) is 11.6 Å². The van der Waals surface area contributed by atoms with Crippen LogP contribution < -0.4 is 20.1 Å². The fourth-order valence-corrected chi connectivity index (χ4v) is 2.28. The average Bonchev–Trinajstić information content (AvgIpc) is 2.60. The van der Waals surface area contributed by atoms with Crippen molar-refractivity contribution in [2.24, 2.45) is 0 Å². The van der Waals surface area contributed by atoms with Gasteiger partial charge in [-0.25, -0.2) is 9.97 Å². The van der Waals surface area contributed by atoms with Crippen LogP contribution in [0, 0.1) is 0 Å². The molecule has 0 bridgehead atoms. The minimum Gasteiger partial charge on any atom is -0.495 e.